The van der Waals surface area contributed by atoms with Crippen LogP contribution in [0.3, 0.4) is 0 Å². The second kappa shape index (κ2) is 9.42. The van der Waals surface area contributed by atoms with Gasteiger partial charge in [0.15, 0.2) is 0 Å². The normalized spacial score (nSPS) is 50.2. The van der Waals surface area contributed by atoms with E-state index in [1.54, 1.807) is 0 Å². The number of esters is 1. The fourth-order valence-electron chi connectivity index (χ4n) is 11.4. The number of carboxylic acids is 1. The van der Waals surface area contributed by atoms with E-state index in [1.165, 1.54) is 6.08 Å². The van der Waals surface area contributed by atoms with Gasteiger partial charge in [-0.15, -0.1) is 0 Å². The van der Waals surface area contributed by atoms with E-state index in [2.05, 4.69) is 40.7 Å². The minimum absolute atomic E-state index is 0.0730. The Bertz CT molecular complexity index is 1180. The van der Waals surface area contributed by atoms with Gasteiger partial charge in [-0.3, -0.25) is 4.79 Å². The monoisotopic (exact) mass is 570 g/mol. The van der Waals surface area contributed by atoms with Gasteiger partial charge in [-0.25, -0.2) is 4.79 Å². The number of fused-ring (bicyclic) bond motifs is 7. The SMILES string of the molecule is CC(C)=CC(=O)OC1CC(C)C(C)(O)C2C3=CCC4C5(C)CCC(O)C(C)(C)C5CCC4(C)C3(C)CCC12C(=O)O. The van der Waals surface area contributed by atoms with Crippen LogP contribution in [0.25, 0.3) is 0 Å². The van der Waals surface area contributed by atoms with E-state index in [1.807, 2.05) is 27.7 Å². The van der Waals surface area contributed by atoms with Crippen LogP contribution in [0.4, 0.5) is 0 Å². The van der Waals surface area contributed by atoms with Crippen molar-refractivity contribution in [3.05, 3.63) is 23.3 Å². The lowest BCUT2D eigenvalue weighted by molar-refractivity contribution is -0.236. The average molecular weight is 571 g/mol. The van der Waals surface area contributed by atoms with Gasteiger partial charge in [0.1, 0.15) is 11.5 Å². The molecule has 5 aliphatic rings. The van der Waals surface area contributed by atoms with Crippen molar-refractivity contribution in [2.75, 3.05) is 0 Å². The third kappa shape index (κ3) is 3.94. The van der Waals surface area contributed by atoms with Crippen LogP contribution in [0.1, 0.15) is 114 Å². The molecule has 0 aromatic heterocycles. The molecule has 41 heavy (non-hydrogen) atoms. The Morgan fingerprint density at radius 2 is 1.63 bits per heavy atom. The van der Waals surface area contributed by atoms with Crippen molar-refractivity contribution >= 4 is 11.9 Å². The summed E-state index contributed by atoms with van der Waals surface area (Å²) in [6.45, 7) is 19.1. The molecule has 0 saturated heterocycles. The lowest BCUT2D eigenvalue weighted by atomic mass is 9.33. The van der Waals surface area contributed by atoms with Crippen LogP contribution in [0.5, 0.6) is 0 Å². The summed E-state index contributed by atoms with van der Waals surface area (Å²) < 4.78 is 6.01. The number of aliphatic hydroxyl groups is 2. The van der Waals surface area contributed by atoms with Crippen molar-refractivity contribution in [3.63, 3.8) is 0 Å². The fourth-order valence-corrected chi connectivity index (χ4v) is 11.4. The minimum atomic E-state index is -1.38. The number of ether oxygens (including phenoxy) is 1. The summed E-state index contributed by atoms with van der Waals surface area (Å²) >= 11 is 0. The molecule has 0 aromatic carbocycles. The first-order chi connectivity index (χ1) is 18.8. The maximum atomic E-state index is 13.4. The van der Waals surface area contributed by atoms with Gasteiger partial charge in [-0.05, 0) is 112 Å². The Morgan fingerprint density at radius 3 is 2.24 bits per heavy atom. The summed E-state index contributed by atoms with van der Waals surface area (Å²) in [7, 11) is 0. The quantitative estimate of drug-likeness (QED) is 0.198. The van der Waals surface area contributed by atoms with E-state index in [4.69, 9.17) is 4.74 Å². The zero-order valence-corrected chi connectivity index (χ0v) is 26.8. The van der Waals surface area contributed by atoms with Crippen LogP contribution in [0, 0.1) is 50.7 Å². The largest absolute Gasteiger partial charge is 0.481 e. The van der Waals surface area contributed by atoms with Gasteiger partial charge in [0.25, 0.3) is 0 Å². The predicted octanol–water partition coefficient (Wildman–Crippen LogP) is 6.69. The number of carbonyl (C=O) groups excluding carboxylic acids is 1. The molecule has 0 spiro atoms. The number of hydrogen-bond acceptors (Lipinski definition) is 5. The molecule has 6 nitrogen and oxygen atoms in total. The van der Waals surface area contributed by atoms with Gasteiger partial charge in [0.05, 0.1) is 11.7 Å². The number of aliphatic carboxylic acids is 1. The van der Waals surface area contributed by atoms with E-state index >= 15 is 0 Å². The van der Waals surface area contributed by atoms with Crippen LogP contribution in [-0.4, -0.2) is 45.1 Å². The Balaban J connectivity index is 1.63. The summed E-state index contributed by atoms with van der Waals surface area (Å²) in [5.74, 6) is -1.54. The van der Waals surface area contributed by atoms with Gasteiger partial charge in [-0.1, -0.05) is 58.8 Å². The maximum Gasteiger partial charge on any atom is 0.330 e. The van der Waals surface area contributed by atoms with Crippen molar-refractivity contribution in [1.82, 2.24) is 0 Å². The maximum absolute atomic E-state index is 13.4. The topological polar surface area (TPSA) is 104 Å². The summed E-state index contributed by atoms with van der Waals surface area (Å²) in [6, 6.07) is 0. The van der Waals surface area contributed by atoms with Crippen LogP contribution in [-0.2, 0) is 14.3 Å². The molecule has 0 aliphatic heterocycles. The van der Waals surface area contributed by atoms with E-state index in [0.29, 0.717) is 31.1 Å². The van der Waals surface area contributed by atoms with Gasteiger partial charge in [0.2, 0.25) is 0 Å². The number of allylic oxidation sites excluding steroid dienone is 2. The Labute approximate surface area is 247 Å². The molecule has 3 N–H and O–H groups in total. The molecule has 0 bridgehead atoms. The highest BCUT2D eigenvalue weighted by Gasteiger charge is 2.73. The molecule has 11 unspecified atom stereocenters. The van der Waals surface area contributed by atoms with Gasteiger partial charge in [0, 0.05) is 12.0 Å². The highest BCUT2D eigenvalue weighted by molar-refractivity contribution is 5.84. The molecule has 230 valence electrons. The molecule has 0 amide bonds. The molecular formula is C35H54O6. The summed E-state index contributed by atoms with van der Waals surface area (Å²) in [4.78, 5) is 26.3. The molecule has 0 radical (unpaired) electrons. The zero-order chi connectivity index (χ0) is 30.6. The Kier molecular flexibility index (Phi) is 7.07. The first-order valence-corrected chi connectivity index (χ1v) is 16.0. The number of rotatable bonds is 3. The van der Waals surface area contributed by atoms with Crippen LogP contribution in [0.15, 0.2) is 23.3 Å². The third-order valence-electron chi connectivity index (χ3n) is 14.2. The lowest BCUT2D eigenvalue weighted by Gasteiger charge is -2.72. The second-order valence-corrected chi connectivity index (χ2v) is 16.5. The standard InChI is InChI=1S/C35H54O6/c1-20(2)18-27(37)41-26-19-21(3)34(9,40)28-22-10-11-24-31(6)14-13-25(36)30(4,5)23(31)12-15-33(24,8)32(22,7)16-17-35(26,28)29(38)39/h10,18,21,23-26,28,36,40H,11-17,19H2,1-9H3,(H,38,39). The summed E-state index contributed by atoms with van der Waals surface area (Å²) in [6.07, 6.45) is 8.73. The first kappa shape index (κ1) is 30.8. The average Bonchev–Trinajstić information content (AvgIpc) is 2.84. The number of aliphatic hydroxyl groups excluding tert-OH is 1. The number of hydrogen-bond donors (Lipinski definition) is 3. The molecular weight excluding hydrogens is 516 g/mol. The van der Waals surface area contributed by atoms with E-state index in [9.17, 15) is 24.9 Å². The van der Waals surface area contributed by atoms with Crippen molar-refractivity contribution in [1.29, 1.82) is 0 Å². The van der Waals surface area contributed by atoms with Gasteiger partial charge in [-0.2, -0.15) is 0 Å². The predicted molar refractivity (Wildman–Crippen MR) is 159 cm³/mol. The molecule has 5 rings (SSSR count). The Morgan fingerprint density at radius 1 is 0.976 bits per heavy atom. The van der Waals surface area contributed by atoms with Crippen LogP contribution < -0.4 is 0 Å². The molecule has 4 saturated carbocycles. The van der Waals surface area contributed by atoms with Crippen molar-refractivity contribution in [2.24, 2.45) is 50.7 Å². The molecule has 6 heteroatoms. The second-order valence-electron chi connectivity index (χ2n) is 16.5. The first-order valence-electron chi connectivity index (χ1n) is 16.0. The van der Waals surface area contributed by atoms with Crippen molar-refractivity contribution in [3.8, 4) is 0 Å². The molecule has 5 aliphatic carbocycles. The molecule has 4 fully saturated rings. The summed E-state index contributed by atoms with van der Waals surface area (Å²) in [5, 5.41) is 34.2. The van der Waals surface area contributed by atoms with E-state index in [0.717, 1.165) is 43.3 Å². The number of carboxylic acid groups (broad SMARTS) is 1. The molecule has 11 atom stereocenters. The van der Waals surface area contributed by atoms with Crippen molar-refractivity contribution in [2.45, 2.75) is 131 Å². The minimum Gasteiger partial charge on any atom is -0.481 e. The highest BCUT2D eigenvalue weighted by atomic mass is 16.5. The molecule has 0 heterocycles. The van der Waals surface area contributed by atoms with Crippen LogP contribution >= 0.6 is 0 Å². The fraction of sp³-hybridized carbons (Fsp3) is 0.829. The van der Waals surface area contributed by atoms with Crippen molar-refractivity contribution < 1.29 is 29.6 Å². The van der Waals surface area contributed by atoms with Gasteiger partial charge >= 0.3 is 11.9 Å². The third-order valence-corrected chi connectivity index (χ3v) is 14.2. The Hall–Kier alpha value is -1.66. The van der Waals surface area contributed by atoms with E-state index in [-0.39, 0.29) is 33.7 Å². The van der Waals surface area contributed by atoms with Gasteiger partial charge < -0.3 is 20.1 Å². The molecule has 0 aromatic rings. The zero-order valence-electron chi connectivity index (χ0n) is 26.8. The van der Waals surface area contributed by atoms with Crippen LogP contribution in [0.2, 0.25) is 0 Å². The smallest absolute Gasteiger partial charge is 0.330 e. The summed E-state index contributed by atoms with van der Waals surface area (Å²) in [5.41, 5.74) is -1.19. The lowest BCUT2D eigenvalue weighted by Crippen LogP contribution is -2.70. The number of carbonyl (C=O) groups is 2. The van der Waals surface area contributed by atoms with E-state index < -0.39 is 35.0 Å². The highest BCUT2D eigenvalue weighted by Crippen LogP contribution is 2.76.